The molecule has 26 heavy (non-hydrogen) atoms. The number of fused-ring (bicyclic) bond motifs is 1. The number of nitrogens with zero attached hydrogens (tertiary/aromatic N) is 1. The van der Waals surface area contributed by atoms with Crippen molar-refractivity contribution in [1.82, 2.24) is 9.62 Å². The molecule has 1 aromatic carbocycles. The predicted octanol–water partition coefficient (Wildman–Crippen LogP) is 2.47. The zero-order chi connectivity index (χ0) is 18.9. The van der Waals surface area contributed by atoms with Crippen LogP contribution in [0.25, 0.3) is 0 Å². The maximum atomic E-state index is 12.9. The van der Waals surface area contributed by atoms with Crippen LogP contribution in [0.4, 0.5) is 0 Å². The van der Waals surface area contributed by atoms with Crippen LogP contribution < -0.4 is 10.1 Å². The molecule has 7 heteroatoms. The van der Waals surface area contributed by atoms with E-state index in [1.165, 1.54) is 4.31 Å². The molecule has 0 radical (unpaired) electrons. The van der Waals surface area contributed by atoms with E-state index in [1.54, 1.807) is 6.92 Å². The first-order valence-corrected chi connectivity index (χ1v) is 10.9. The molecule has 144 valence electrons. The van der Waals surface area contributed by atoms with Crippen LogP contribution in [0.2, 0.25) is 0 Å². The number of piperidine rings is 1. The SMILES string of the molecule is CCS(=O)(=O)N1CCC[C@H](C(=O)N[C@H]2CC(C)(C)Oc3ccccc32)C1. The molecule has 2 aliphatic rings. The Morgan fingerprint density at radius 1 is 1.35 bits per heavy atom. The van der Waals surface area contributed by atoms with Gasteiger partial charge < -0.3 is 10.1 Å². The van der Waals surface area contributed by atoms with Gasteiger partial charge in [0, 0.05) is 25.1 Å². The summed E-state index contributed by atoms with van der Waals surface area (Å²) in [7, 11) is -3.25. The van der Waals surface area contributed by atoms with Crippen LogP contribution in [0.3, 0.4) is 0 Å². The average Bonchev–Trinajstić information content (AvgIpc) is 2.61. The number of ether oxygens (including phenoxy) is 1. The summed E-state index contributed by atoms with van der Waals surface area (Å²) in [5.74, 6) is 0.498. The Morgan fingerprint density at radius 2 is 2.08 bits per heavy atom. The van der Waals surface area contributed by atoms with Crippen molar-refractivity contribution in [3.05, 3.63) is 29.8 Å². The van der Waals surface area contributed by atoms with E-state index in [9.17, 15) is 13.2 Å². The fourth-order valence-electron chi connectivity index (χ4n) is 3.81. The molecule has 1 amide bonds. The molecule has 1 N–H and O–H groups in total. The van der Waals surface area contributed by atoms with Gasteiger partial charge in [-0.15, -0.1) is 0 Å². The topological polar surface area (TPSA) is 75.7 Å². The van der Waals surface area contributed by atoms with Crippen molar-refractivity contribution in [2.75, 3.05) is 18.8 Å². The summed E-state index contributed by atoms with van der Waals surface area (Å²) in [6.07, 6.45) is 2.11. The fraction of sp³-hybridized carbons (Fsp3) is 0.632. The summed E-state index contributed by atoms with van der Waals surface area (Å²) in [5.41, 5.74) is 0.616. The number of hydrogen-bond acceptors (Lipinski definition) is 4. The summed E-state index contributed by atoms with van der Waals surface area (Å²) >= 11 is 0. The van der Waals surface area contributed by atoms with Crippen molar-refractivity contribution in [2.24, 2.45) is 5.92 Å². The van der Waals surface area contributed by atoms with E-state index in [-0.39, 0.29) is 35.8 Å². The molecule has 1 saturated heterocycles. The number of carbonyl (C=O) groups excluding carboxylic acids is 1. The second-order valence-corrected chi connectivity index (χ2v) is 10.0. The van der Waals surface area contributed by atoms with Gasteiger partial charge in [-0.25, -0.2) is 12.7 Å². The van der Waals surface area contributed by atoms with Gasteiger partial charge in [-0.05, 0) is 39.7 Å². The van der Waals surface area contributed by atoms with Crippen molar-refractivity contribution in [2.45, 2.75) is 51.7 Å². The fourth-order valence-corrected chi connectivity index (χ4v) is 4.99. The third-order valence-electron chi connectivity index (χ3n) is 5.21. The standard InChI is InChI=1S/C19H28N2O4S/c1-4-26(23,24)21-11-7-8-14(13-21)18(22)20-16-12-19(2,3)25-17-10-6-5-9-15(16)17/h5-6,9-10,14,16H,4,7-8,11-13H2,1-3H3,(H,20,22)/t14-,16-/m0/s1. The highest BCUT2D eigenvalue weighted by Crippen LogP contribution is 2.39. The lowest BCUT2D eigenvalue weighted by atomic mass is 9.89. The number of sulfonamides is 1. The molecule has 2 heterocycles. The van der Waals surface area contributed by atoms with Gasteiger partial charge in [-0.1, -0.05) is 18.2 Å². The van der Waals surface area contributed by atoms with E-state index in [4.69, 9.17) is 4.74 Å². The van der Waals surface area contributed by atoms with Gasteiger partial charge in [0.15, 0.2) is 0 Å². The highest BCUT2D eigenvalue weighted by atomic mass is 32.2. The number of para-hydroxylation sites is 1. The Kier molecular flexibility index (Phi) is 5.30. The van der Waals surface area contributed by atoms with Crippen LogP contribution in [0.1, 0.15) is 51.6 Å². The lowest BCUT2D eigenvalue weighted by Crippen LogP contribution is -2.48. The molecular weight excluding hydrogens is 352 g/mol. The van der Waals surface area contributed by atoms with Gasteiger partial charge in [-0.3, -0.25) is 4.79 Å². The first-order valence-electron chi connectivity index (χ1n) is 9.28. The summed E-state index contributed by atoms with van der Waals surface area (Å²) in [6.45, 7) is 6.44. The molecule has 2 atom stereocenters. The number of carbonyl (C=O) groups is 1. The van der Waals surface area contributed by atoms with E-state index in [0.717, 1.165) is 17.7 Å². The van der Waals surface area contributed by atoms with Crippen LogP contribution in [0.5, 0.6) is 5.75 Å². The van der Waals surface area contributed by atoms with Gasteiger partial charge in [0.1, 0.15) is 11.4 Å². The number of rotatable bonds is 4. The average molecular weight is 381 g/mol. The largest absolute Gasteiger partial charge is 0.487 e. The maximum absolute atomic E-state index is 12.9. The van der Waals surface area contributed by atoms with Crippen molar-refractivity contribution in [3.8, 4) is 5.75 Å². The van der Waals surface area contributed by atoms with Crippen LogP contribution >= 0.6 is 0 Å². The Bertz CT molecular complexity index is 775. The highest BCUT2D eigenvalue weighted by Gasteiger charge is 2.37. The quantitative estimate of drug-likeness (QED) is 0.871. The Morgan fingerprint density at radius 3 is 2.81 bits per heavy atom. The summed E-state index contributed by atoms with van der Waals surface area (Å²) < 4.78 is 31.8. The zero-order valence-electron chi connectivity index (χ0n) is 15.7. The maximum Gasteiger partial charge on any atom is 0.224 e. The van der Waals surface area contributed by atoms with Crippen molar-refractivity contribution < 1.29 is 17.9 Å². The predicted molar refractivity (Wildman–Crippen MR) is 100 cm³/mol. The van der Waals surface area contributed by atoms with Crippen molar-refractivity contribution in [3.63, 3.8) is 0 Å². The molecule has 0 unspecified atom stereocenters. The van der Waals surface area contributed by atoms with Crippen molar-refractivity contribution >= 4 is 15.9 Å². The lowest BCUT2D eigenvalue weighted by molar-refractivity contribution is -0.127. The normalized spacial score (nSPS) is 25.8. The van der Waals surface area contributed by atoms with Crippen LogP contribution in [-0.2, 0) is 14.8 Å². The van der Waals surface area contributed by atoms with Gasteiger partial charge in [-0.2, -0.15) is 0 Å². The smallest absolute Gasteiger partial charge is 0.224 e. The Labute approximate surface area is 156 Å². The van der Waals surface area contributed by atoms with Crippen molar-refractivity contribution in [1.29, 1.82) is 0 Å². The van der Waals surface area contributed by atoms with E-state index >= 15 is 0 Å². The van der Waals surface area contributed by atoms with E-state index in [1.807, 2.05) is 38.1 Å². The Hall–Kier alpha value is -1.60. The molecule has 1 aromatic rings. The molecular formula is C19H28N2O4S. The summed E-state index contributed by atoms with van der Waals surface area (Å²) in [4.78, 5) is 12.9. The van der Waals surface area contributed by atoms with Gasteiger partial charge >= 0.3 is 0 Å². The van der Waals surface area contributed by atoms with E-state index < -0.39 is 10.0 Å². The third kappa shape index (κ3) is 4.04. The van der Waals surface area contributed by atoms with E-state index in [2.05, 4.69) is 5.32 Å². The number of benzene rings is 1. The number of amides is 1. The molecule has 6 nitrogen and oxygen atoms in total. The monoisotopic (exact) mass is 380 g/mol. The third-order valence-corrected chi connectivity index (χ3v) is 7.05. The van der Waals surface area contributed by atoms with Gasteiger partial charge in [0.2, 0.25) is 15.9 Å². The minimum absolute atomic E-state index is 0.0708. The molecule has 2 aliphatic heterocycles. The summed E-state index contributed by atoms with van der Waals surface area (Å²) in [6, 6.07) is 7.64. The van der Waals surface area contributed by atoms with Crippen LogP contribution in [-0.4, -0.2) is 43.1 Å². The van der Waals surface area contributed by atoms with Crippen LogP contribution in [0, 0.1) is 5.92 Å². The number of nitrogens with one attached hydrogen (secondary N) is 1. The molecule has 0 spiro atoms. The Balaban J connectivity index is 1.73. The minimum atomic E-state index is -3.25. The highest BCUT2D eigenvalue weighted by molar-refractivity contribution is 7.89. The minimum Gasteiger partial charge on any atom is -0.487 e. The molecule has 0 bridgehead atoms. The molecule has 3 rings (SSSR count). The molecule has 0 aliphatic carbocycles. The molecule has 1 fully saturated rings. The van der Waals surface area contributed by atoms with Gasteiger partial charge in [0.25, 0.3) is 0 Å². The zero-order valence-corrected chi connectivity index (χ0v) is 16.5. The second-order valence-electron chi connectivity index (χ2n) is 7.76. The first kappa shape index (κ1) is 19.2. The lowest BCUT2D eigenvalue weighted by Gasteiger charge is -2.39. The second kappa shape index (κ2) is 7.19. The first-order chi connectivity index (χ1) is 12.2. The number of hydrogen-bond donors (Lipinski definition) is 1. The summed E-state index contributed by atoms with van der Waals surface area (Å²) in [5, 5.41) is 3.15. The van der Waals surface area contributed by atoms with Crippen LogP contribution in [0.15, 0.2) is 24.3 Å². The van der Waals surface area contributed by atoms with E-state index in [0.29, 0.717) is 19.4 Å². The molecule has 0 saturated carbocycles. The molecule has 0 aromatic heterocycles. The van der Waals surface area contributed by atoms with Gasteiger partial charge in [0.05, 0.1) is 17.7 Å².